The Hall–Kier alpha value is -4.43. The molecular formula is C24H20F6N6O3. The summed E-state index contributed by atoms with van der Waals surface area (Å²) < 4.78 is 77.5. The minimum atomic E-state index is -4.72. The molecule has 3 heterocycles. The minimum absolute atomic E-state index is 0.0600. The summed E-state index contributed by atoms with van der Waals surface area (Å²) in [7, 11) is 0. The first kappa shape index (κ1) is 27.6. The number of anilines is 1. The van der Waals surface area contributed by atoms with Gasteiger partial charge < -0.3 is 20.2 Å². The molecule has 0 bridgehead atoms. The quantitative estimate of drug-likeness (QED) is 0.465. The van der Waals surface area contributed by atoms with Gasteiger partial charge in [0.25, 0.3) is 11.8 Å². The lowest BCUT2D eigenvalue weighted by molar-refractivity contribution is -0.137. The number of aromatic hydroxyl groups is 1. The molecule has 1 aromatic carbocycles. The molecule has 206 valence electrons. The molecule has 0 aliphatic carbocycles. The van der Waals surface area contributed by atoms with Gasteiger partial charge in [0.2, 0.25) is 0 Å². The van der Waals surface area contributed by atoms with E-state index in [1.165, 1.54) is 35.4 Å². The number of nitrogens with one attached hydrogen (secondary N) is 1. The molecule has 1 saturated heterocycles. The van der Waals surface area contributed by atoms with E-state index in [1.807, 2.05) is 0 Å². The first-order valence-corrected chi connectivity index (χ1v) is 11.4. The van der Waals surface area contributed by atoms with E-state index in [4.69, 9.17) is 0 Å². The second kappa shape index (κ2) is 10.7. The molecule has 1 aliphatic rings. The van der Waals surface area contributed by atoms with Crippen molar-refractivity contribution in [2.24, 2.45) is 0 Å². The van der Waals surface area contributed by atoms with Crippen molar-refractivity contribution in [1.29, 1.82) is 0 Å². The molecule has 0 atom stereocenters. The molecule has 1 aliphatic heterocycles. The molecule has 0 saturated carbocycles. The topological polar surface area (TPSA) is 112 Å². The number of aromatic nitrogens is 3. The van der Waals surface area contributed by atoms with Crippen molar-refractivity contribution in [3.63, 3.8) is 0 Å². The average molecular weight is 554 g/mol. The fourth-order valence-corrected chi connectivity index (χ4v) is 3.87. The van der Waals surface area contributed by atoms with Crippen LogP contribution in [0.1, 0.15) is 26.4 Å². The third kappa shape index (κ3) is 6.91. The summed E-state index contributed by atoms with van der Waals surface area (Å²) in [6.07, 6.45) is -6.89. The zero-order valence-corrected chi connectivity index (χ0v) is 19.9. The van der Waals surface area contributed by atoms with Crippen molar-refractivity contribution in [2.45, 2.75) is 12.4 Å². The van der Waals surface area contributed by atoms with Crippen LogP contribution in [0, 0.1) is 0 Å². The van der Waals surface area contributed by atoms with Crippen molar-refractivity contribution >= 4 is 17.6 Å². The highest BCUT2D eigenvalue weighted by Crippen LogP contribution is 2.34. The number of amides is 2. The van der Waals surface area contributed by atoms with Crippen molar-refractivity contribution < 1.29 is 41.0 Å². The van der Waals surface area contributed by atoms with Gasteiger partial charge in [-0.25, -0.2) is 0 Å². The molecule has 2 amide bonds. The highest BCUT2D eigenvalue weighted by Gasteiger charge is 2.33. The third-order valence-corrected chi connectivity index (χ3v) is 5.79. The predicted molar refractivity (Wildman–Crippen MR) is 125 cm³/mol. The molecule has 1 fully saturated rings. The molecule has 0 unspecified atom stereocenters. The molecule has 3 aromatic rings. The second-order valence-electron chi connectivity index (χ2n) is 8.58. The van der Waals surface area contributed by atoms with E-state index in [2.05, 4.69) is 15.2 Å². The monoisotopic (exact) mass is 554 g/mol. The fraction of sp³-hybridized carbons (Fsp3) is 0.292. The van der Waals surface area contributed by atoms with Gasteiger partial charge >= 0.3 is 12.4 Å². The van der Waals surface area contributed by atoms with Crippen molar-refractivity contribution in [3.8, 4) is 16.9 Å². The lowest BCUT2D eigenvalue weighted by Gasteiger charge is -2.35. The van der Waals surface area contributed by atoms with Gasteiger partial charge in [-0.3, -0.25) is 14.6 Å². The Morgan fingerprint density at radius 1 is 0.897 bits per heavy atom. The maximum Gasteiger partial charge on any atom is 0.416 e. The van der Waals surface area contributed by atoms with Crippen LogP contribution in [-0.2, 0) is 6.18 Å². The van der Waals surface area contributed by atoms with E-state index in [9.17, 15) is 41.0 Å². The summed E-state index contributed by atoms with van der Waals surface area (Å²) in [5.74, 6) is -1.60. The van der Waals surface area contributed by atoms with Gasteiger partial charge in [0.15, 0.2) is 11.5 Å². The molecule has 0 radical (unpaired) electrons. The van der Waals surface area contributed by atoms with Crippen LogP contribution in [0.25, 0.3) is 11.1 Å². The molecule has 0 spiro atoms. The summed E-state index contributed by atoms with van der Waals surface area (Å²) in [4.78, 5) is 31.8. The Morgan fingerprint density at radius 3 is 2.21 bits per heavy atom. The highest BCUT2D eigenvalue weighted by molar-refractivity contribution is 5.96. The maximum absolute atomic E-state index is 13.6. The van der Waals surface area contributed by atoms with Crippen LogP contribution in [0.2, 0.25) is 0 Å². The van der Waals surface area contributed by atoms with E-state index in [0.29, 0.717) is 5.82 Å². The molecule has 4 rings (SSSR count). The largest absolute Gasteiger partial charge is 0.506 e. The molecule has 39 heavy (non-hydrogen) atoms. The third-order valence-electron chi connectivity index (χ3n) is 5.79. The normalized spacial score (nSPS) is 14.3. The van der Waals surface area contributed by atoms with Crippen LogP contribution in [0.3, 0.4) is 0 Å². The standard InChI is InChI=1S/C24H20F6N6O3/c25-23(26,27)13-32-21(38)19-1-2-20(34-33-19)35-3-5-36(6-4-35)22(39)15-7-14(8-17(9-15)24(28,29)30)16-10-18(37)12-31-11-16/h1-2,7-12,37H,3-6,13H2,(H,32,38). The van der Waals surface area contributed by atoms with E-state index in [1.54, 1.807) is 10.2 Å². The number of alkyl halides is 6. The van der Waals surface area contributed by atoms with E-state index in [-0.39, 0.29) is 54.3 Å². The van der Waals surface area contributed by atoms with Gasteiger partial charge in [0, 0.05) is 43.5 Å². The van der Waals surface area contributed by atoms with Crippen LogP contribution in [0.15, 0.2) is 48.8 Å². The number of halogens is 6. The first-order valence-electron chi connectivity index (χ1n) is 11.4. The second-order valence-corrected chi connectivity index (χ2v) is 8.58. The lowest BCUT2D eigenvalue weighted by atomic mass is 9.99. The van der Waals surface area contributed by atoms with Crippen LogP contribution < -0.4 is 10.2 Å². The molecular weight excluding hydrogens is 534 g/mol. The van der Waals surface area contributed by atoms with Crippen LogP contribution in [-0.4, -0.2) is 75.9 Å². The van der Waals surface area contributed by atoms with Crippen molar-refractivity contribution in [2.75, 3.05) is 37.6 Å². The number of benzene rings is 1. The van der Waals surface area contributed by atoms with Gasteiger partial charge in [-0.15, -0.1) is 10.2 Å². The SMILES string of the molecule is O=C(NCC(F)(F)F)c1ccc(N2CCN(C(=O)c3cc(-c4cncc(O)c4)cc(C(F)(F)F)c3)CC2)nn1. The van der Waals surface area contributed by atoms with Crippen LogP contribution >= 0.6 is 0 Å². The van der Waals surface area contributed by atoms with Crippen LogP contribution in [0.5, 0.6) is 5.75 Å². The number of hydrogen-bond donors (Lipinski definition) is 2. The van der Waals surface area contributed by atoms with Crippen molar-refractivity contribution in [3.05, 3.63) is 65.6 Å². The Labute approximate surface area is 217 Å². The Balaban J connectivity index is 1.45. The number of rotatable bonds is 5. The number of nitrogens with zero attached hydrogens (tertiary/aromatic N) is 5. The van der Waals surface area contributed by atoms with Gasteiger partial charge in [-0.2, -0.15) is 26.3 Å². The summed E-state index contributed by atoms with van der Waals surface area (Å²) in [5.41, 5.74) is -1.26. The number of piperazine rings is 1. The Bertz CT molecular complexity index is 1360. The van der Waals surface area contributed by atoms with Gasteiger partial charge in [-0.1, -0.05) is 0 Å². The molecule has 9 nitrogen and oxygen atoms in total. The number of pyridine rings is 1. The van der Waals surface area contributed by atoms with Gasteiger partial charge in [-0.05, 0) is 42.0 Å². The number of hydrogen-bond acceptors (Lipinski definition) is 7. The van der Waals surface area contributed by atoms with E-state index >= 15 is 0 Å². The summed E-state index contributed by atoms with van der Waals surface area (Å²) in [5, 5.41) is 18.9. The number of carbonyl (C=O) groups excluding carboxylic acids is 2. The summed E-state index contributed by atoms with van der Waals surface area (Å²) in [6, 6.07) is 6.79. The first-order chi connectivity index (χ1) is 18.3. The zero-order chi connectivity index (χ0) is 28.4. The maximum atomic E-state index is 13.6. The van der Waals surface area contributed by atoms with E-state index < -0.39 is 36.3 Å². The molecule has 15 heteroatoms. The summed E-state index contributed by atoms with van der Waals surface area (Å²) in [6.45, 7) is -0.769. The van der Waals surface area contributed by atoms with Gasteiger partial charge in [0.05, 0.1) is 11.8 Å². The molecule has 2 aromatic heterocycles. The molecule has 2 N–H and O–H groups in total. The lowest BCUT2D eigenvalue weighted by Crippen LogP contribution is -2.49. The Kier molecular flexibility index (Phi) is 7.60. The fourth-order valence-electron chi connectivity index (χ4n) is 3.87. The number of carbonyl (C=O) groups is 2. The zero-order valence-electron chi connectivity index (χ0n) is 19.9. The van der Waals surface area contributed by atoms with Crippen molar-refractivity contribution in [1.82, 2.24) is 25.4 Å². The Morgan fingerprint density at radius 2 is 1.62 bits per heavy atom. The smallest absolute Gasteiger partial charge is 0.416 e. The van der Waals surface area contributed by atoms with Crippen LogP contribution in [0.4, 0.5) is 32.2 Å². The average Bonchev–Trinajstić information content (AvgIpc) is 2.90. The predicted octanol–water partition coefficient (Wildman–Crippen LogP) is 3.52. The summed E-state index contributed by atoms with van der Waals surface area (Å²) >= 11 is 0. The minimum Gasteiger partial charge on any atom is -0.506 e. The van der Waals surface area contributed by atoms with E-state index in [0.717, 1.165) is 18.3 Å². The highest BCUT2D eigenvalue weighted by atomic mass is 19.4. The van der Waals surface area contributed by atoms with Gasteiger partial charge in [0.1, 0.15) is 12.3 Å².